The summed E-state index contributed by atoms with van der Waals surface area (Å²) in [4.78, 5) is 31.4. The average molecular weight is 549 g/mol. The van der Waals surface area contributed by atoms with Crippen LogP contribution in [0.2, 0.25) is 0 Å². The van der Waals surface area contributed by atoms with Crippen LogP contribution in [-0.4, -0.2) is 69.1 Å². The van der Waals surface area contributed by atoms with Crippen LogP contribution in [0.15, 0.2) is 11.5 Å². The monoisotopic (exact) mass is 548 g/mol. The van der Waals surface area contributed by atoms with Crippen molar-refractivity contribution in [1.29, 1.82) is 0 Å². The summed E-state index contributed by atoms with van der Waals surface area (Å²) in [5, 5.41) is 28.3. The Labute approximate surface area is 230 Å². The number of nitrogens with one attached hydrogen (secondary N) is 1. The summed E-state index contributed by atoms with van der Waals surface area (Å²) in [6, 6.07) is -0.321. The molecule has 4 rings (SSSR count). The third-order valence-electron chi connectivity index (χ3n) is 9.12. The highest BCUT2D eigenvalue weighted by Crippen LogP contribution is 2.56. The van der Waals surface area contributed by atoms with Crippen molar-refractivity contribution in [2.75, 3.05) is 6.61 Å². The molecule has 3 N–H and O–H groups in total. The minimum absolute atomic E-state index is 0.118. The summed E-state index contributed by atoms with van der Waals surface area (Å²) in [6.07, 6.45) is 5.06. The van der Waals surface area contributed by atoms with E-state index in [-0.39, 0.29) is 47.4 Å². The van der Waals surface area contributed by atoms with Gasteiger partial charge in [0.25, 0.3) is 0 Å². The zero-order chi connectivity index (χ0) is 27.9. The van der Waals surface area contributed by atoms with E-state index in [2.05, 4.69) is 24.1 Å². The Morgan fingerprint density at radius 2 is 1.97 bits per heavy atom. The maximum Gasteiger partial charge on any atom is 0.223 e. The van der Waals surface area contributed by atoms with E-state index in [0.717, 1.165) is 36.4 Å². The Bertz CT molecular complexity index is 1050. The fourth-order valence-electron chi connectivity index (χ4n) is 6.11. The summed E-state index contributed by atoms with van der Waals surface area (Å²) < 4.78 is 11.9. The predicted molar refractivity (Wildman–Crippen MR) is 147 cm³/mol. The Balaban J connectivity index is 1.61. The van der Waals surface area contributed by atoms with Gasteiger partial charge in [-0.25, -0.2) is 4.98 Å². The standard InChI is InChI=1S/C29H44N2O6S/c1-7-29-14-19(10-11-20-16-38-18(3)30-20)31-23(33)13-22(32)27(4,5)26(35)24(21-15-36-21)25(34)17(2)9-8-12-28(29,6)37-29/h10-11,16-17,19,21-22,24-25,32,34H,7-9,12-15H2,1-6H3,(H,31,33)/t17-,19+,21?,22-,24-,25+,28?,29?/m0/s1. The van der Waals surface area contributed by atoms with Crippen LogP contribution in [0, 0.1) is 24.2 Å². The highest BCUT2D eigenvalue weighted by Gasteiger charge is 2.65. The van der Waals surface area contributed by atoms with Crippen molar-refractivity contribution in [3.05, 3.63) is 22.2 Å². The Morgan fingerprint density at radius 1 is 1.26 bits per heavy atom. The Morgan fingerprint density at radius 3 is 2.58 bits per heavy atom. The van der Waals surface area contributed by atoms with Crippen molar-refractivity contribution in [3.63, 3.8) is 0 Å². The number of rotatable bonds is 4. The number of carbonyl (C=O) groups is 2. The summed E-state index contributed by atoms with van der Waals surface area (Å²) in [5.74, 6) is -1.45. The zero-order valence-corrected chi connectivity index (χ0v) is 24.3. The number of ketones is 1. The highest BCUT2D eigenvalue weighted by molar-refractivity contribution is 7.09. The topological polar surface area (TPSA) is 125 Å². The van der Waals surface area contributed by atoms with E-state index in [9.17, 15) is 19.8 Å². The average Bonchev–Trinajstić information content (AvgIpc) is 3.74. The molecule has 3 aliphatic heterocycles. The quantitative estimate of drug-likeness (QED) is 0.489. The van der Waals surface area contributed by atoms with E-state index in [0.29, 0.717) is 13.0 Å². The molecule has 1 amide bonds. The zero-order valence-electron chi connectivity index (χ0n) is 23.5. The van der Waals surface area contributed by atoms with E-state index in [4.69, 9.17) is 9.47 Å². The summed E-state index contributed by atoms with van der Waals surface area (Å²) in [5.41, 5.74) is -1.08. The first-order chi connectivity index (χ1) is 17.8. The van der Waals surface area contributed by atoms with Crippen LogP contribution in [0.25, 0.3) is 6.08 Å². The van der Waals surface area contributed by atoms with Crippen LogP contribution in [0.4, 0.5) is 0 Å². The minimum atomic E-state index is -1.22. The molecule has 8 atom stereocenters. The molecule has 0 aromatic carbocycles. The van der Waals surface area contributed by atoms with Gasteiger partial charge in [-0.2, -0.15) is 0 Å². The normalized spacial score (nSPS) is 40.5. The van der Waals surface area contributed by atoms with Gasteiger partial charge in [0.1, 0.15) is 5.78 Å². The number of hydrogen-bond acceptors (Lipinski definition) is 8. The molecule has 4 heterocycles. The van der Waals surface area contributed by atoms with Crippen LogP contribution >= 0.6 is 11.3 Å². The number of ether oxygens (including phenoxy) is 2. The predicted octanol–water partition coefficient (Wildman–Crippen LogP) is 3.82. The van der Waals surface area contributed by atoms with E-state index in [1.54, 1.807) is 25.2 Å². The lowest BCUT2D eigenvalue weighted by atomic mass is 9.71. The molecule has 1 aromatic rings. The number of aliphatic hydroxyl groups is 2. The summed E-state index contributed by atoms with van der Waals surface area (Å²) in [6.45, 7) is 11.9. The molecule has 0 bridgehead atoms. The fraction of sp³-hybridized carbons (Fsp3) is 0.759. The second kappa shape index (κ2) is 11.1. The number of aryl methyl sites for hydroxylation is 1. The molecule has 0 radical (unpaired) electrons. The van der Waals surface area contributed by atoms with E-state index < -0.39 is 23.5 Å². The number of aromatic nitrogens is 1. The molecule has 0 saturated carbocycles. The number of carbonyl (C=O) groups excluding carboxylic acids is 2. The fourth-order valence-corrected chi connectivity index (χ4v) is 6.69. The molecule has 3 unspecified atom stereocenters. The number of amides is 1. The molecule has 3 fully saturated rings. The van der Waals surface area contributed by atoms with Crippen molar-refractivity contribution in [2.24, 2.45) is 17.3 Å². The number of epoxide rings is 2. The van der Waals surface area contributed by atoms with Gasteiger partial charge < -0.3 is 25.0 Å². The van der Waals surface area contributed by atoms with E-state index in [1.807, 2.05) is 31.4 Å². The SMILES string of the molecule is CCC12C[C@@H](C=Cc3csc(C)n3)NC(=O)C[C@H](O)C(C)(C)C(=O)[C@@H](C3CO3)[C@H](O)[C@@H](C)CCCC1(C)O2. The molecule has 3 saturated heterocycles. The summed E-state index contributed by atoms with van der Waals surface area (Å²) in [7, 11) is 0. The van der Waals surface area contributed by atoms with Gasteiger partial charge in [-0.1, -0.05) is 40.2 Å². The number of Topliss-reactive ketones (excluding diaryl/α,β-unsaturated/α-hetero) is 1. The molecule has 9 heteroatoms. The number of thiazole rings is 1. The minimum Gasteiger partial charge on any atom is -0.392 e. The van der Waals surface area contributed by atoms with Crippen molar-refractivity contribution in [2.45, 2.75) is 116 Å². The molecule has 8 nitrogen and oxygen atoms in total. The van der Waals surface area contributed by atoms with E-state index >= 15 is 0 Å². The molecule has 38 heavy (non-hydrogen) atoms. The number of hydrogen-bond donors (Lipinski definition) is 3. The van der Waals surface area contributed by atoms with Crippen molar-refractivity contribution >= 4 is 29.1 Å². The Hall–Kier alpha value is -1.65. The number of nitrogens with zero attached hydrogens (tertiary/aromatic N) is 1. The lowest BCUT2D eigenvalue weighted by Crippen LogP contribution is -2.49. The van der Waals surface area contributed by atoms with Gasteiger partial charge in [-0.3, -0.25) is 9.59 Å². The number of aliphatic hydroxyl groups excluding tert-OH is 2. The lowest BCUT2D eigenvalue weighted by molar-refractivity contribution is -0.145. The maximum absolute atomic E-state index is 13.7. The molecule has 212 valence electrons. The van der Waals surface area contributed by atoms with Gasteiger partial charge in [0, 0.05) is 11.8 Å². The van der Waals surface area contributed by atoms with Crippen molar-refractivity contribution in [3.8, 4) is 0 Å². The second-order valence-corrected chi connectivity index (χ2v) is 13.3. The molecule has 1 aromatic heterocycles. The molecule has 0 spiro atoms. The van der Waals surface area contributed by atoms with Gasteiger partial charge in [-0.15, -0.1) is 11.3 Å². The molecule has 0 aliphatic carbocycles. The first-order valence-electron chi connectivity index (χ1n) is 13.9. The van der Waals surface area contributed by atoms with Crippen molar-refractivity contribution < 1.29 is 29.3 Å². The van der Waals surface area contributed by atoms with Gasteiger partial charge in [0.15, 0.2) is 0 Å². The molecule has 3 aliphatic rings. The highest BCUT2D eigenvalue weighted by atomic mass is 32.1. The van der Waals surface area contributed by atoms with Crippen LogP contribution < -0.4 is 5.32 Å². The van der Waals surface area contributed by atoms with Crippen LogP contribution in [-0.2, 0) is 19.1 Å². The van der Waals surface area contributed by atoms with Crippen LogP contribution in [0.3, 0.4) is 0 Å². The summed E-state index contributed by atoms with van der Waals surface area (Å²) >= 11 is 1.57. The first kappa shape index (κ1) is 29.3. The first-order valence-corrected chi connectivity index (χ1v) is 14.8. The lowest BCUT2D eigenvalue weighted by Gasteiger charge is -2.35. The largest absolute Gasteiger partial charge is 0.392 e. The van der Waals surface area contributed by atoms with Gasteiger partial charge in [0.05, 0.1) is 70.6 Å². The van der Waals surface area contributed by atoms with Gasteiger partial charge >= 0.3 is 0 Å². The number of fused-ring (bicyclic) bond motifs is 1. The smallest absolute Gasteiger partial charge is 0.223 e. The molecular weight excluding hydrogens is 504 g/mol. The maximum atomic E-state index is 13.7. The molecular formula is C29H44N2O6S. The van der Waals surface area contributed by atoms with Gasteiger partial charge in [-0.05, 0) is 45.1 Å². The van der Waals surface area contributed by atoms with E-state index in [1.165, 1.54) is 0 Å². The third kappa shape index (κ3) is 6.07. The second-order valence-electron chi connectivity index (χ2n) is 12.3. The third-order valence-corrected chi connectivity index (χ3v) is 9.91. The van der Waals surface area contributed by atoms with Crippen LogP contribution in [0.1, 0.15) is 83.8 Å². The van der Waals surface area contributed by atoms with Crippen molar-refractivity contribution in [1.82, 2.24) is 10.3 Å². The van der Waals surface area contributed by atoms with Gasteiger partial charge in [0.2, 0.25) is 5.91 Å². The van der Waals surface area contributed by atoms with Crippen LogP contribution in [0.5, 0.6) is 0 Å². The Kier molecular flexibility index (Phi) is 8.56.